The fourth-order valence-corrected chi connectivity index (χ4v) is 2.55. The van der Waals surface area contributed by atoms with Crippen LogP contribution in [-0.4, -0.2) is 23.1 Å². The van der Waals surface area contributed by atoms with E-state index < -0.39 is 18.0 Å². The summed E-state index contributed by atoms with van der Waals surface area (Å²) in [4.78, 5) is 22.5. The molecule has 1 aromatic rings. The minimum Gasteiger partial charge on any atom is -0.479 e. The Balaban J connectivity index is 2.25. The molecule has 1 rings (SSSR count). The van der Waals surface area contributed by atoms with Crippen LogP contribution in [0.15, 0.2) is 24.3 Å². The number of rotatable bonds is 12. The van der Waals surface area contributed by atoms with Crippen molar-refractivity contribution in [2.75, 3.05) is 0 Å². The van der Waals surface area contributed by atoms with Crippen molar-refractivity contribution in [1.82, 2.24) is 0 Å². The van der Waals surface area contributed by atoms with Crippen molar-refractivity contribution in [2.45, 2.75) is 77.7 Å². The van der Waals surface area contributed by atoms with Crippen LogP contribution in [0.25, 0.3) is 0 Å². The van der Waals surface area contributed by atoms with Gasteiger partial charge in [-0.25, -0.2) is 9.59 Å². The van der Waals surface area contributed by atoms with Gasteiger partial charge in [0.1, 0.15) is 0 Å². The van der Waals surface area contributed by atoms with Gasteiger partial charge in [0.05, 0.1) is 5.56 Å². The van der Waals surface area contributed by atoms with Gasteiger partial charge >= 0.3 is 11.9 Å². The maximum Gasteiger partial charge on any atom is 0.344 e. The molecule has 0 radical (unpaired) electrons. The quantitative estimate of drug-likeness (QED) is 0.431. The molecule has 0 fully saturated rings. The molecule has 24 heavy (non-hydrogen) atoms. The molecule has 0 aliphatic rings. The lowest BCUT2D eigenvalue weighted by Gasteiger charge is -2.09. The summed E-state index contributed by atoms with van der Waals surface area (Å²) in [5.74, 6) is -1.74. The molecule has 0 bridgehead atoms. The minimum atomic E-state index is -1.14. The summed E-state index contributed by atoms with van der Waals surface area (Å²) in [6, 6.07) is 7.25. The number of esters is 1. The van der Waals surface area contributed by atoms with Crippen LogP contribution in [0.5, 0.6) is 0 Å². The molecule has 0 aliphatic carbocycles. The van der Waals surface area contributed by atoms with Crippen molar-refractivity contribution >= 4 is 11.9 Å². The molecule has 0 amide bonds. The van der Waals surface area contributed by atoms with Gasteiger partial charge in [-0.1, -0.05) is 64.0 Å². The Morgan fingerprint density at radius 3 is 2.04 bits per heavy atom. The topological polar surface area (TPSA) is 63.6 Å². The number of hydrogen-bond acceptors (Lipinski definition) is 3. The van der Waals surface area contributed by atoms with Crippen LogP contribution in [0.1, 0.15) is 81.1 Å². The van der Waals surface area contributed by atoms with Gasteiger partial charge in [-0.15, -0.1) is 0 Å². The van der Waals surface area contributed by atoms with Gasteiger partial charge in [0.15, 0.2) is 6.10 Å². The maximum atomic E-state index is 11.8. The Hall–Kier alpha value is -1.84. The Kier molecular flexibility index (Phi) is 9.81. The van der Waals surface area contributed by atoms with Crippen LogP contribution < -0.4 is 0 Å². The average molecular weight is 334 g/mol. The predicted molar refractivity (Wildman–Crippen MR) is 95.3 cm³/mol. The van der Waals surface area contributed by atoms with Gasteiger partial charge in [0.2, 0.25) is 0 Å². The number of carboxylic acids is 1. The summed E-state index contributed by atoms with van der Waals surface area (Å²) < 4.78 is 4.85. The predicted octanol–water partition coefficient (Wildman–Crippen LogP) is 5.00. The molecule has 0 aromatic heterocycles. The summed E-state index contributed by atoms with van der Waals surface area (Å²) in [5.41, 5.74) is 1.59. The second-order valence-corrected chi connectivity index (χ2v) is 6.31. The fourth-order valence-electron chi connectivity index (χ4n) is 2.55. The van der Waals surface area contributed by atoms with Gasteiger partial charge in [-0.05, 0) is 37.5 Å². The van der Waals surface area contributed by atoms with E-state index in [2.05, 4.69) is 6.92 Å². The number of unbranched alkanes of at least 4 members (excludes halogenated alkanes) is 7. The van der Waals surface area contributed by atoms with Gasteiger partial charge in [-0.3, -0.25) is 0 Å². The first-order valence-corrected chi connectivity index (χ1v) is 9.07. The van der Waals surface area contributed by atoms with E-state index >= 15 is 0 Å². The van der Waals surface area contributed by atoms with Crippen LogP contribution in [-0.2, 0) is 16.0 Å². The molecule has 4 heteroatoms. The second kappa shape index (κ2) is 11.7. The molecule has 0 spiro atoms. The first-order valence-electron chi connectivity index (χ1n) is 9.07. The Morgan fingerprint density at radius 2 is 1.50 bits per heavy atom. The molecule has 0 aliphatic heterocycles. The van der Waals surface area contributed by atoms with E-state index in [0.29, 0.717) is 5.56 Å². The van der Waals surface area contributed by atoms with Crippen molar-refractivity contribution < 1.29 is 19.4 Å². The third-order valence-electron chi connectivity index (χ3n) is 4.14. The summed E-state index contributed by atoms with van der Waals surface area (Å²) in [6.07, 6.45) is 10.2. The van der Waals surface area contributed by atoms with E-state index in [1.54, 1.807) is 12.1 Å². The number of ether oxygens (including phenoxy) is 1. The molecule has 1 unspecified atom stereocenters. The van der Waals surface area contributed by atoms with E-state index in [1.165, 1.54) is 57.4 Å². The first-order chi connectivity index (χ1) is 11.5. The first kappa shape index (κ1) is 20.2. The Morgan fingerprint density at radius 1 is 0.958 bits per heavy atom. The lowest BCUT2D eigenvalue weighted by molar-refractivity contribution is -0.146. The monoisotopic (exact) mass is 334 g/mol. The van der Waals surface area contributed by atoms with Crippen LogP contribution >= 0.6 is 0 Å². The number of aliphatic carboxylic acids is 1. The summed E-state index contributed by atoms with van der Waals surface area (Å²) in [7, 11) is 0. The van der Waals surface area contributed by atoms with E-state index in [-0.39, 0.29) is 0 Å². The van der Waals surface area contributed by atoms with Gasteiger partial charge < -0.3 is 9.84 Å². The number of aryl methyl sites for hydroxylation is 1. The lowest BCUT2D eigenvalue weighted by atomic mass is 10.0. The highest BCUT2D eigenvalue weighted by molar-refractivity contribution is 5.91. The van der Waals surface area contributed by atoms with E-state index in [0.717, 1.165) is 12.8 Å². The largest absolute Gasteiger partial charge is 0.479 e. The molecule has 134 valence electrons. The van der Waals surface area contributed by atoms with Crippen LogP contribution in [0.4, 0.5) is 0 Å². The van der Waals surface area contributed by atoms with Crippen molar-refractivity contribution in [3.63, 3.8) is 0 Å². The SMILES string of the molecule is CCCCCCCCCCc1ccc(C(=O)OC(C)C(=O)O)cc1. The fraction of sp³-hybridized carbons (Fsp3) is 0.600. The van der Waals surface area contributed by atoms with E-state index in [4.69, 9.17) is 9.84 Å². The summed E-state index contributed by atoms with van der Waals surface area (Å²) in [6.45, 7) is 3.58. The smallest absolute Gasteiger partial charge is 0.344 e. The zero-order valence-electron chi connectivity index (χ0n) is 14.9. The normalized spacial score (nSPS) is 11.9. The molecule has 4 nitrogen and oxygen atoms in total. The number of carboxylic acid groups (broad SMARTS) is 1. The van der Waals surface area contributed by atoms with E-state index in [1.807, 2.05) is 12.1 Å². The van der Waals surface area contributed by atoms with Crippen LogP contribution in [0.2, 0.25) is 0 Å². The average Bonchev–Trinajstić information content (AvgIpc) is 2.57. The van der Waals surface area contributed by atoms with E-state index in [9.17, 15) is 9.59 Å². The zero-order valence-corrected chi connectivity index (χ0v) is 14.9. The van der Waals surface area contributed by atoms with Crippen molar-refractivity contribution in [2.24, 2.45) is 0 Å². The van der Waals surface area contributed by atoms with Crippen molar-refractivity contribution in [3.8, 4) is 0 Å². The minimum absolute atomic E-state index is 0.391. The molecule has 0 saturated carbocycles. The summed E-state index contributed by atoms with van der Waals surface area (Å²) in [5, 5.41) is 8.75. The standard InChI is InChI=1S/C20H30O4/c1-3-4-5-6-7-8-9-10-11-17-12-14-18(15-13-17)20(23)24-16(2)19(21)22/h12-16H,3-11H2,1-2H3,(H,21,22). The molecule has 0 heterocycles. The van der Waals surface area contributed by atoms with Gasteiger partial charge in [0, 0.05) is 0 Å². The molecule has 0 saturated heterocycles. The highest BCUT2D eigenvalue weighted by Gasteiger charge is 2.17. The van der Waals surface area contributed by atoms with Gasteiger partial charge in [-0.2, -0.15) is 0 Å². The second-order valence-electron chi connectivity index (χ2n) is 6.31. The Labute approximate surface area is 145 Å². The number of benzene rings is 1. The molecular formula is C20H30O4. The maximum absolute atomic E-state index is 11.8. The third-order valence-corrected chi connectivity index (χ3v) is 4.14. The number of carbonyl (C=O) groups is 2. The van der Waals surface area contributed by atoms with Gasteiger partial charge in [0.25, 0.3) is 0 Å². The van der Waals surface area contributed by atoms with Crippen LogP contribution in [0.3, 0.4) is 0 Å². The highest BCUT2D eigenvalue weighted by atomic mass is 16.6. The Bertz CT molecular complexity index is 493. The molecule has 1 atom stereocenters. The molecule has 1 N–H and O–H groups in total. The zero-order chi connectivity index (χ0) is 17.8. The van der Waals surface area contributed by atoms with Crippen LogP contribution in [0, 0.1) is 0 Å². The molecular weight excluding hydrogens is 304 g/mol. The van der Waals surface area contributed by atoms with Crippen molar-refractivity contribution in [3.05, 3.63) is 35.4 Å². The highest BCUT2D eigenvalue weighted by Crippen LogP contribution is 2.13. The number of hydrogen-bond donors (Lipinski definition) is 1. The van der Waals surface area contributed by atoms with Crippen molar-refractivity contribution in [1.29, 1.82) is 0 Å². The number of carbonyl (C=O) groups excluding carboxylic acids is 1. The summed E-state index contributed by atoms with van der Waals surface area (Å²) >= 11 is 0. The molecule has 1 aromatic carbocycles. The third kappa shape index (κ3) is 8.14. The lowest BCUT2D eigenvalue weighted by Crippen LogP contribution is -2.23.